The lowest BCUT2D eigenvalue weighted by molar-refractivity contribution is 0.0969. The minimum Gasteiger partial charge on any atom is -0.0683 e. The quantitative estimate of drug-likeness (QED) is 0.142. The SMILES string of the molecule is CC.Cc1c(C(C)C)cccc1C(C)C.Cc1ccc(-c2ccc(C)c(C)c2)c(C)c1.Cc1ccc(C(C)(C)C)cc1.Cc1ccc(C2CC(C)(C)CC(C)(C)C2)cc1.Cc1ccc(C2CCC(C)(C)CC2)cc1.Cc1ccc(C2CCC3(CCCCC3)CC2)cc1.Cc1ccc(C2CCCCC2)cc1.Cc1ccccc1C(C)(C)C.[2H]C([2H])([2H])c1cc(-c2ccc(C)cc2)ccc1C. The normalized spacial score (nSPS) is 16.8. The Labute approximate surface area is 810 Å². The number of rotatable bonds is 8. The maximum absolute atomic E-state index is 7.54. The van der Waals surface area contributed by atoms with Gasteiger partial charge in [-0.2, -0.15) is 0 Å². The van der Waals surface area contributed by atoms with E-state index in [0.717, 1.165) is 45.8 Å². The van der Waals surface area contributed by atoms with Crippen LogP contribution in [0, 0.1) is 119 Å². The average Bonchev–Trinajstić information content (AvgIpc) is 0.793. The molecule has 0 saturated heterocycles. The zero-order chi connectivity index (χ0) is 99.1. The Morgan fingerprint density at radius 2 is 0.656 bits per heavy atom. The van der Waals surface area contributed by atoms with Crippen molar-refractivity contribution in [3.8, 4) is 22.3 Å². The first-order chi connectivity index (χ1) is 63.0. The summed E-state index contributed by atoms with van der Waals surface area (Å²) >= 11 is 0. The molecule has 0 atom stereocenters. The maximum Gasteiger partial charge on any atom is 0.0280 e. The van der Waals surface area contributed by atoms with Crippen molar-refractivity contribution in [3.63, 3.8) is 0 Å². The van der Waals surface area contributed by atoms with Crippen LogP contribution in [-0.2, 0) is 10.8 Å². The molecule has 0 heteroatoms. The predicted molar refractivity (Wildman–Crippen MR) is 584 cm³/mol. The molecule has 0 heterocycles. The van der Waals surface area contributed by atoms with Gasteiger partial charge in [0, 0.05) is 4.11 Å². The van der Waals surface area contributed by atoms with Gasteiger partial charge in [-0.3, -0.25) is 0 Å². The Morgan fingerprint density at radius 1 is 0.290 bits per heavy atom. The average molecular weight is 1760 g/mol. The first kappa shape index (κ1) is 104. The number of hydrogen-bond donors (Lipinski definition) is 0. The number of aryl methyl sites for hydroxylation is 13. The molecule has 0 unspecified atom stereocenters. The molecule has 5 aliphatic rings. The molecule has 11 aromatic carbocycles. The number of benzene rings is 11. The molecule has 5 fully saturated rings. The lowest BCUT2D eigenvalue weighted by Gasteiger charge is -2.45. The summed E-state index contributed by atoms with van der Waals surface area (Å²) in [5, 5.41) is 0. The first-order valence-electron chi connectivity index (χ1n) is 52.8. The topological polar surface area (TPSA) is 0 Å². The summed E-state index contributed by atoms with van der Waals surface area (Å²) in [6, 6.07) is 87.7. The molecule has 5 saturated carbocycles. The Hall–Kier alpha value is -8.58. The van der Waals surface area contributed by atoms with Crippen LogP contribution in [0.5, 0.6) is 0 Å². The standard InChI is InChI=1S/C18H26.C17H26.C16H18.C15H16.C15H22.C13H18.C13H20.2C11H16.C2H6/c1-15-5-7-16(8-6-15)17-9-13-18(14-10-17)11-3-2-4-12-18;1-13-6-8-14(9-7-13)15-10-16(2,3)12-17(4,5)11-15;1-11-5-8-16(14(4)9-11)15-7-6-12(2)13(3)10-15;1-11-4-7-14(8-5-11)15-9-6-12(2)13(3)10-15;1-12-4-6-13(7-5-12)14-8-10-15(2,3)11-9-14;1-11-7-9-13(10-8-11)12-5-3-2-4-6-12;1-9(2)12-7-6-8-13(10(3)4)11(12)5;1-9-5-7-10(8-6-9)11(2,3)4;1-9-7-5-6-8-10(9)11(2,3)4;1-2/h5-8,17H,2-4,9-14H2,1H3;6-9,15H,10-12H2,1-5H3;5-10H,1-4H3;4-10H,1-3H3;4-7,14H,8-11H2,1-3H3;7-10,12H,2-6H2,1H3;6-10H,1-5H3;2*5-8H,1-4H3;1-2H3/i;;;3D3;;;;;;. The zero-order valence-corrected chi connectivity index (χ0v) is 88.9. The highest BCUT2D eigenvalue weighted by Gasteiger charge is 2.40. The second-order valence-corrected chi connectivity index (χ2v) is 45.4. The summed E-state index contributed by atoms with van der Waals surface area (Å²) in [5.41, 5.74) is 37.1. The smallest absolute Gasteiger partial charge is 0.0280 e. The lowest BCUT2D eigenvalue weighted by Crippen LogP contribution is -2.32. The van der Waals surface area contributed by atoms with E-state index in [0.29, 0.717) is 33.6 Å². The fourth-order valence-corrected chi connectivity index (χ4v) is 21.0. The zero-order valence-electron chi connectivity index (χ0n) is 91.9. The third-order valence-electron chi connectivity index (χ3n) is 29.0. The fourth-order valence-electron chi connectivity index (χ4n) is 21.0. The van der Waals surface area contributed by atoms with Gasteiger partial charge >= 0.3 is 0 Å². The molecular weight excluding hydrogens is 1570 g/mol. The molecule has 0 radical (unpaired) electrons. The van der Waals surface area contributed by atoms with Crippen LogP contribution in [0.25, 0.3) is 22.3 Å². The van der Waals surface area contributed by atoms with E-state index in [1.165, 1.54) is 241 Å². The van der Waals surface area contributed by atoms with E-state index in [1.54, 1.807) is 22.8 Å². The van der Waals surface area contributed by atoms with Crippen LogP contribution in [0.1, 0.15) is 421 Å². The fraction of sp³-hybridized carbons (Fsp3) is 0.496. The lowest BCUT2D eigenvalue weighted by atomic mass is 9.60. The van der Waals surface area contributed by atoms with Crippen LogP contribution in [0.15, 0.2) is 243 Å². The van der Waals surface area contributed by atoms with Gasteiger partial charge in [-0.15, -0.1) is 0 Å². The minimum absolute atomic E-state index is 0.283. The highest BCUT2D eigenvalue weighted by atomic mass is 14.4. The minimum atomic E-state index is -2.05. The van der Waals surface area contributed by atoms with Crippen molar-refractivity contribution in [1.82, 2.24) is 0 Å². The van der Waals surface area contributed by atoms with Crippen molar-refractivity contribution < 1.29 is 4.11 Å². The van der Waals surface area contributed by atoms with E-state index in [4.69, 9.17) is 4.11 Å². The summed E-state index contributed by atoms with van der Waals surface area (Å²) < 4.78 is 22.6. The Balaban J connectivity index is 0.000000206. The molecule has 708 valence electrons. The van der Waals surface area contributed by atoms with Gasteiger partial charge < -0.3 is 0 Å². The van der Waals surface area contributed by atoms with Crippen LogP contribution < -0.4 is 0 Å². The Morgan fingerprint density at radius 3 is 1.06 bits per heavy atom. The van der Waals surface area contributed by atoms with Crippen LogP contribution in [0.2, 0.25) is 0 Å². The van der Waals surface area contributed by atoms with Gasteiger partial charge in [-0.1, -0.05) is 445 Å². The molecule has 1 spiro atoms. The van der Waals surface area contributed by atoms with Crippen LogP contribution in [0.4, 0.5) is 0 Å². The molecule has 5 aliphatic carbocycles. The van der Waals surface area contributed by atoms with Crippen molar-refractivity contribution in [3.05, 3.63) is 365 Å². The van der Waals surface area contributed by atoms with Gasteiger partial charge in [-0.05, 0) is 367 Å². The van der Waals surface area contributed by atoms with E-state index in [1.807, 2.05) is 64.1 Å². The molecule has 0 aliphatic heterocycles. The summed E-state index contributed by atoms with van der Waals surface area (Å²) in [6.45, 7) is 66.6. The summed E-state index contributed by atoms with van der Waals surface area (Å²) in [6.07, 6.45) is 30.0. The van der Waals surface area contributed by atoms with Crippen molar-refractivity contribution in [2.24, 2.45) is 21.7 Å². The van der Waals surface area contributed by atoms with Gasteiger partial charge in [0.25, 0.3) is 0 Å². The third kappa shape index (κ3) is 36.6. The molecule has 0 nitrogen and oxygen atoms in total. The molecule has 16 rings (SSSR count). The van der Waals surface area contributed by atoms with Crippen molar-refractivity contribution in [2.45, 2.75) is 403 Å². The van der Waals surface area contributed by atoms with E-state index >= 15 is 0 Å². The molecular formula is C131H184. The number of hydrogen-bond acceptors (Lipinski definition) is 0. The Bertz CT molecular complexity index is 5180. The van der Waals surface area contributed by atoms with Crippen molar-refractivity contribution in [2.75, 3.05) is 0 Å². The molecule has 0 N–H and O–H groups in total. The van der Waals surface area contributed by atoms with E-state index in [2.05, 4.69) is 387 Å². The monoisotopic (exact) mass is 1760 g/mol. The third-order valence-corrected chi connectivity index (χ3v) is 29.0. The van der Waals surface area contributed by atoms with Gasteiger partial charge in [0.05, 0.1) is 0 Å². The van der Waals surface area contributed by atoms with Crippen LogP contribution >= 0.6 is 0 Å². The second kappa shape index (κ2) is 51.8. The van der Waals surface area contributed by atoms with Gasteiger partial charge in [0.15, 0.2) is 0 Å². The molecule has 11 aromatic rings. The second-order valence-electron chi connectivity index (χ2n) is 45.4. The largest absolute Gasteiger partial charge is 0.0683 e. The van der Waals surface area contributed by atoms with Gasteiger partial charge in [0.1, 0.15) is 0 Å². The predicted octanol–water partition coefficient (Wildman–Crippen LogP) is 40.4. The van der Waals surface area contributed by atoms with E-state index < -0.39 is 6.85 Å². The maximum atomic E-state index is 7.54. The first-order valence-corrected chi connectivity index (χ1v) is 51.3. The van der Waals surface area contributed by atoms with Crippen molar-refractivity contribution >= 4 is 0 Å². The summed E-state index contributed by atoms with van der Waals surface area (Å²) in [5.74, 6) is 4.54. The van der Waals surface area contributed by atoms with E-state index in [9.17, 15) is 0 Å². The van der Waals surface area contributed by atoms with Crippen molar-refractivity contribution in [1.29, 1.82) is 0 Å². The summed E-state index contributed by atoms with van der Waals surface area (Å²) in [4.78, 5) is 0. The molecule has 0 aromatic heterocycles. The highest BCUT2D eigenvalue weighted by Crippen LogP contribution is 2.53. The molecule has 0 bridgehead atoms. The Kier molecular flexibility index (Phi) is 41.3. The summed E-state index contributed by atoms with van der Waals surface area (Å²) in [7, 11) is 0. The molecule has 0 amide bonds. The van der Waals surface area contributed by atoms with Crippen LogP contribution in [0.3, 0.4) is 0 Å². The van der Waals surface area contributed by atoms with Crippen LogP contribution in [-0.4, -0.2) is 0 Å². The van der Waals surface area contributed by atoms with Gasteiger partial charge in [-0.25, -0.2) is 0 Å². The van der Waals surface area contributed by atoms with Gasteiger partial charge in [0.2, 0.25) is 0 Å². The van der Waals surface area contributed by atoms with E-state index in [-0.39, 0.29) is 10.8 Å². The molecule has 131 heavy (non-hydrogen) atoms. The highest BCUT2D eigenvalue weighted by molar-refractivity contribution is 5.69.